The van der Waals surface area contributed by atoms with Crippen molar-refractivity contribution < 1.29 is 4.79 Å². The van der Waals surface area contributed by atoms with Crippen molar-refractivity contribution in [3.63, 3.8) is 0 Å². The first kappa shape index (κ1) is 13.3. The number of hydrogen-bond acceptors (Lipinski definition) is 2. The van der Waals surface area contributed by atoms with E-state index in [2.05, 4.69) is 6.92 Å². The number of nitrogens with two attached hydrogens (primary N) is 1. The first-order chi connectivity index (χ1) is 7.79. The Hall–Kier alpha value is -0.770. The first-order valence-electron chi connectivity index (χ1n) is 6.53. The van der Waals surface area contributed by atoms with Crippen LogP contribution < -0.4 is 5.73 Å². The van der Waals surface area contributed by atoms with Crippen LogP contribution in [0.15, 0.2) is 0 Å². The molecule has 0 unspecified atom stereocenters. The second kappa shape index (κ2) is 7.49. The van der Waals surface area contributed by atoms with Gasteiger partial charge in [-0.3, -0.25) is 0 Å². The number of piperidine rings is 1. The second-order valence-electron chi connectivity index (χ2n) is 4.46. The molecule has 1 aliphatic heterocycles. The molecule has 0 aromatic heterocycles. The molecule has 0 spiro atoms. The van der Waals surface area contributed by atoms with Crippen LogP contribution in [0, 0.1) is 0 Å². The third-order valence-electron chi connectivity index (χ3n) is 3.02. The Bertz CT molecular complexity index is 202. The van der Waals surface area contributed by atoms with Crippen molar-refractivity contribution in [3.8, 4) is 0 Å². The van der Waals surface area contributed by atoms with Gasteiger partial charge in [-0.1, -0.05) is 6.92 Å². The van der Waals surface area contributed by atoms with Gasteiger partial charge in [-0.15, -0.1) is 0 Å². The van der Waals surface area contributed by atoms with Crippen LogP contribution in [0.3, 0.4) is 0 Å². The van der Waals surface area contributed by atoms with E-state index in [0.717, 1.165) is 51.9 Å². The van der Waals surface area contributed by atoms with Crippen LogP contribution in [0.25, 0.3) is 0 Å². The van der Waals surface area contributed by atoms with E-state index in [-0.39, 0.29) is 6.03 Å². The fourth-order valence-corrected chi connectivity index (χ4v) is 2.14. The molecule has 0 atom stereocenters. The average Bonchev–Trinajstić information content (AvgIpc) is 2.35. The van der Waals surface area contributed by atoms with Crippen LogP contribution >= 0.6 is 0 Å². The summed E-state index contributed by atoms with van der Waals surface area (Å²) in [6, 6.07) is 0.218. The fraction of sp³-hybridized carbons (Fsp3) is 0.917. The molecular weight excluding hydrogens is 202 g/mol. The summed E-state index contributed by atoms with van der Waals surface area (Å²) >= 11 is 0. The van der Waals surface area contributed by atoms with Gasteiger partial charge < -0.3 is 15.5 Å². The van der Waals surface area contributed by atoms with Crippen LogP contribution in [0.4, 0.5) is 4.79 Å². The quantitative estimate of drug-likeness (QED) is 0.776. The minimum absolute atomic E-state index is 0.218. The Morgan fingerprint density at radius 2 is 1.94 bits per heavy atom. The minimum atomic E-state index is 0.218. The van der Waals surface area contributed by atoms with Gasteiger partial charge in [0.05, 0.1) is 0 Å². The third-order valence-corrected chi connectivity index (χ3v) is 3.02. The van der Waals surface area contributed by atoms with Gasteiger partial charge in [0.2, 0.25) is 0 Å². The minimum Gasteiger partial charge on any atom is -0.330 e. The Morgan fingerprint density at radius 1 is 1.25 bits per heavy atom. The number of hydrogen-bond donors (Lipinski definition) is 1. The van der Waals surface area contributed by atoms with Gasteiger partial charge in [0.15, 0.2) is 0 Å². The Labute approximate surface area is 98.8 Å². The van der Waals surface area contributed by atoms with Crippen molar-refractivity contribution in [1.29, 1.82) is 0 Å². The highest BCUT2D eigenvalue weighted by Gasteiger charge is 2.21. The SMILES string of the molecule is CCCN(CCCN)C(=O)N1CCCCC1. The van der Waals surface area contributed by atoms with Crippen molar-refractivity contribution in [2.24, 2.45) is 5.73 Å². The van der Waals surface area contributed by atoms with E-state index >= 15 is 0 Å². The summed E-state index contributed by atoms with van der Waals surface area (Å²) in [7, 11) is 0. The van der Waals surface area contributed by atoms with Crippen molar-refractivity contribution in [2.45, 2.75) is 39.0 Å². The average molecular weight is 227 g/mol. The molecule has 0 bridgehead atoms. The van der Waals surface area contributed by atoms with Gasteiger partial charge in [0.25, 0.3) is 0 Å². The lowest BCUT2D eigenvalue weighted by Gasteiger charge is -2.33. The van der Waals surface area contributed by atoms with Crippen LogP contribution in [-0.4, -0.2) is 48.6 Å². The lowest BCUT2D eigenvalue weighted by atomic mass is 10.1. The maximum atomic E-state index is 12.2. The number of carbonyl (C=O) groups is 1. The number of urea groups is 1. The van der Waals surface area contributed by atoms with E-state index in [1.165, 1.54) is 6.42 Å². The standard InChI is InChI=1S/C12H25N3O/c1-2-8-14(11-6-7-13)12(16)15-9-4-3-5-10-15/h2-11,13H2,1H3. The monoisotopic (exact) mass is 227 g/mol. The zero-order chi connectivity index (χ0) is 11.8. The van der Waals surface area contributed by atoms with Crippen molar-refractivity contribution in [3.05, 3.63) is 0 Å². The van der Waals surface area contributed by atoms with Crippen LogP contribution in [0.2, 0.25) is 0 Å². The van der Waals surface area contributed by atoms with Gasteiger partial charge >= 0.3 is 6.03 Å². The van der Waals surface area contributed by atoms with Crippen molar-refractivity contribution >= 4 is 6.03 Å². The van der Waals surface area contributed by atoms with Gasteiger partial charge in [-0.25, -0.2) is 4.79 Å². The number of carbonyl (C=O) groups excluding carboxylic acids is 1. The third kappa shape index (κ3) is 4.00. The molecule has 1 rings (SSSR count). The molecule has 1 fully saturated rings. The molecule has 1 heterocycles. The first-order valence-corrected chi connectivity index (χ1v) is 6.53. The highest BCUT2D eigenvalue weighted by atomic mass is 16.2. The molecule has 0 saturated carbocycles. The van der Waals surface area contributed by atoms with E-state index in [9.17, 15) is 4.79 Å². The predicted octanol–water partition coefficient (Wildman–Crippen LogP) is 1.65. The lowest BCUT2D eigenvalue weighted by Crippen LogP contribution is -2.46. The molecule has 4 nitrogen and oxygen atoms in total. The molecule has 0 aromatic rings. The lowest BCUT2D eigenvalue weighted by molar-refractivity contribution is 0.143. The second-order valence-corrected chi connectivity index (χ2v) is 4.46. The van der Waals surface area contributed by atoms with E-state index in [0.29, 0.717) is 6.54 Å². The molecule has 1 aliphatic rings. The van der Waals surface area contributed by atoms with Crippen LogP contribution in [-0.2, 0) is 0 Å². The van der Waals surface area contributed by atoms with Gasteiger partial charge in [-0.2, -0.15) is 0 Å². The number of rotatable bonds is 5. The maximum Gasteiger partial charge on any atom is 0.319 e. The maximum absolute atomic E-state index is 12.2. The molecule has 0 aromatic carbocycles. The summed E-state index contributed by atoms with van der Waals surface area (Å²) in [5, 5.41) is 0. The molecule has 94 valence electrons. The van der Waals surface area contributed by atoms with Crippen molar-refractivity contribution in [1.82, 2.24) is 9.80 Å². The van der Waals surface area contributed by atoms with E-state index < -0.39 is 0 Å². The summed E-state index contributed by atoms with van der Waals surface area (Å²) in [6.07, 6.45) is 5.50. The van der Waals surface area contributed by atoms with E-state index in [4.69, 9.17) is 5.73 Å². The molecule has 16 heavy (non-hydrogen) atoms. The molecule has 2 amide bonds. The zero-order valence-corrected chi connectivity index (χ0v) is 10.5. The molecular formula is C12H25N3O. The van der Waals surface area contributed by atoms with Crippen LogP contribution in [0.5, 0.6) is 0 Å². The van der Waals surface area contributed by atoms with E-state index in [1.807, 2.05) is 9.80 Å². The number of likely N-dealkylation sites (tertiary alicyclic amines) is 1. The normalized spacial score (nSPS) is 16.2. The Balaban J connectivity index is 2.44. The summed E-state index contributed by atoms with van der Waals surface area (Å²) in [4.78, 5) is 16.2. The molecule has 0 aliphatic carbocycles. The summed E-state index contributed by atoms with van der Waals surface area (Å²) < 4.78 is 0. The Kier molecular flexibility index (Phi) is 6.23. The molecule has 2 N–H and O–H groups in total. The largest absolute Gasteiger partial charge is 0.330 e. The molecule has 1 saturated heterocycles. The van der Waals surface area contributed by atoms with Gasteiger partial charge in [0, 0.05) is 26.2 Å². The number of nitrogens with zero attached hydrogens (tertiary/aromatic N) is 2. The molecule has 4 heteroatoms. The van der Waals surface area contributed by atoms with Gasteiger partial charge in [0.1, 0.15) is 0 Å². The summed E-state index contributed by atoms with van der Waals surface area (Å²) in [5.74, 6) is 0. The highest BCUT2D eigenvalue weighted by molar-refractivity contribution is 5.74. The Morgan fingerprint density at radius 3 is 2.50 bits per heavy atom. The smallest absolute Gasteiger partial charge is 0.319 e. The molecule has 0 radical (unpaired) electrons. The van der Waals surface area contributed by atoms with Crippen LogP contribution in [0.1, 0.15) is 39.0 Å². The topological polar surface area (TPSA) is 49.6 Å². The zero-order valence-electron chi connectivity index (χ0n) is 10.5. The van der Waals surface area contributed by atoms with Gasteiger partial charge in [-0.05, 0) is 38.6 Å². The number of amides is 2. The summed E-state index contributed by atoms with van der Waals surface area (Å²) in [6.45, 7) is 6.30. The highest BCUT2D eigenvalue weighted by Crippen LogP contribution is 2.11. The summed E-state index contributed by atoms with van der Waals surface area (Å²) in [5.41, 5.74) is 5.50. The fourth-order valence-electron chi connectivity index (χ4n) is 2.14. The van der Waals surface area contributed by atoms with E-state index in [1.54, 1.807) is 0 Å². The van der Waals surface area contributed by atoms with Crippen molar-refractivity contribution in [2.75, 3.05) is 32.7 Å². The predicted molar refractivity (Wildman–Crippen MR) is 66.4 cm³/mol.